The molecule has 3 aromatic rings. The zero-order valence-electron chi connectivity index (χ0n) is 12.2. The Kier molecular flexibility index (Phi) is 3.21. The first-order valence-electron chi connectivity index (χ1n) is 6.63. The highest BCUT2D eigenvalue weighted by Crippen LogP contribution is 2.19. The second-order valence-corrected chi connectivity index (χ2v) is 4.90. The van der Waals surface area contributed by atoms with Gasteiger partial charge in [-0.15, -0.1) is 0 Å². The zero-order valence-corrected chi connectivity index (χ0v) is 12.2. The molecule has 3 rings (SSSR count). The predicted octanol–water partition coefficient (Wildman–Crippen LogP) is 1.50. The van der Waals surface area contributed by atoms with Crippen molar-refractivity contribution < 1.29 is 4.74 Å². The molecule has 2 aromatic heterocycles. The average molecular weight is 284 g/mol. The predicted molar refractivity (Wildman–Crippen MR) is 79.6 cm³/mol. The Bertz CT molecular complexity index is 864. The highest BCUT2D eigenvalue weighted by atomic mass is 16.5. The van der Waals surface area contributed by atoms with Gasteiger partial charge in [0.1, 0.15) is 0 Å². The first kappa shape index (κ1) is 13.4. The summed E-state index contributed by atoms with van der Waals surface area (Å²) in [4.78, 5) is 16.4. The van der Waals surface area contributed by atoms with Gasteiger partial charge in [-0.2, -0.15) is 5.10 Å². The van der Waals surface area contributed by atoms with E-state index in [1.165, 1.54) is 17.7 Å². The summed E-state index contributed by atoms with van der Waals surface area (Å²) in [6, 6.07) is 9.72. The second kappa shape index (κ2) is 5.05. The van der Waals surface area contributed by atoms with E-state index >= 15 is 0 Å². The quantitative estimate of drug-likeness (QED) is 0.731. The highest BCUT2D eigenvalue weighted by molar-refractivity contribution is 5.81. The second-order valence-electron chi connectivity index (χ2n) is 4.90. The third kappa shape index (κ3) is 2.29. The number of aryl methyl sites for hydroxylation is 2. The van der Waals surface area contributed by atoms with Crippen LogP contribution < -0.4 is 10.3 Å². The minimum atomic E-state index is -0.144. The molecule has 0 aliphatic heterocycles. The van der Waals surface area contributed by atoms with E-state index in [0.717, 1.165) is 16.6 Å². The van der Waals surface area contributed by atoms with Gasteiger partial charge < -0.3 is 4.74 Å². The number of para-hydroxylation sites is 1. The van der Waals surface area contributed by atoms with Gasteiger partial charge in [0.15, 0.2) is 0 Å². The number of benzene rings is 1. The fourth-order valence-corrected chi connectivity index (χ4v) is 2.45. The van der Waals surface area contributed by atoms with Crippen molar-refractivity contribution in [1.29, 1.82) is 0 Å². The third-order valence-electron chi connectivity index (χ3n) is 3.43. The molecule has 21 heavy (non-hydrogen) atoms. The summed E-state index contributed by atoms with van der Waals surface area (Å²) in [6.07, 6.45) is 0. The summed E-state index contributed by atoms with van der Waals surface area (Å²) in [7, 11) is 3.40. The Morgan fingerprint density at radius 1 is 1.29 bits per heavy atom. The van der Waals surface area contributed by atoms with Gasteiger partial charge in [0.2, 0.25) is 0 Å². The van der Waals surface area contributed by atoms with Crippen molar-refractivity contribution in [2.75, 3.05) is 7.11 Å². The van der Waals surface area contributed by atoms with E-state index < -0.39 is 0 Å². The van der Waals surface area contributed by atoms with Gasteiger partial charge in [0.05, 0.1) is 24.9 Å². The maximum Gasteiger partial charge on any atom is 0.299 e. The van der Waals surface area contributed by atoms with E-state index in [1.807, 2.05) is 36.0 Å². The molecular weight excluding hydrogens is 268 g/mol. The molecule has 0 fully saturated rings. The van der Waals surface area contributed by atoms with Crippen LogP contribution in [0.25, 0.3) is 10.9 Å². The number of methoxy groups -OCH3 is 1. The van der Waals surface area contributed by atoms with Gasteiger partial charge in [-0.1, -0.05) is 18.2 Å². The minimum absolute atomic E-state index is 0.144. The largest absolute Gasteiger partial charge is 0.468 e. The molecule has 0 saturated carbocycles. The van der Waals surface area contributed by atoms with Crippen molar-refractivity contribution in [2.45, 2.75) is 13.5 Å². The van der Waals surface area contributed by atoms with E-state index in [-0.39, 0.29) is 5.56 Å². The molecule has 0 unspecified atom stereocenters. The van der Waals surface area contributed by atoms with Crippen molar-refractivity contribution in [3.05, 3.63) is 52.1 Å². The van der Waals surface area contributed by atoms with E-state index in [4.69, 9.17) is 4.74 Å². The Balaban J connectivity index is 2.13. The monoisotopic (exact) mass is 284 g/mol. The average Bonchev–Trinajstić information content (AvgIpc) is 2.78. The summed E-state index contributed by atoms with van der Waals surface area (Å²) in [6.45, 7) is 2.10. The molecule has 0 N–H and O–H groups in total. The molecule has 0 amide bonds. The first-order chi connectivity index (χ1) is 10.1. The summed E-state index contributed by atoms with van der Waals surface area (Å²) in [5.41, 5.74) is 2.34. The topological polar surface area (TPSA) is 61.9 Å². The molecule has 1 aromatic carbocycles. The van der Waals surface area contributed by atoms with E-state index in [2.05, 4.69) is 10.1 Å². The van der Waals surface area contributed by atoms with Crippen LogP contribution >= 0.6 is 0 Å². The zero-order chi connectivity index (χ0) is 15.0. The maximum absolute atomic E-state index is 12.2. The highest BCUT2D eigenvalue weighted by Gasteiger charge is 2.13. The molecule has 2 heterocycles. The fraction of sp³-hybridized carbons (Fsp3) is 0.267. The van der Waals surface area contributed by atoms with Crippen LogP contribution in [0.5, 0.6) is 6.01 Å². The first-order valence-corrected chi connectivity index (χ1v) is 6.63. The molecule has 0 saturated heterocycles. The lowest BCUT2D eigenvalue weighted by Gasteiger charge is -2.09. The minimum Gasteiger partial charge on any atom is -0.468 e. The maximum atomic E-state index is 12.2. The van der Waals surface area contributed by atoms with Crippen LogP contribution in [0.3, 0.4) is 0 Å². The van der Waals surface area contributed by atoms with Crippen LogP contribution in [0.1, 0.15) is 11.4 Å². The van der Waals surface area contributed by atoms with Gasteiger partial charge in [-0.05, 0) is 13.0 Å². The Morgan fingerprint density at radius 3 is 2.81 bits per heavy atom. The standard InChI is InChI=1S/C15H16N4O2/c1-10-8-14(20)19(15(16-10)21-3)9-12-11-6-4-5-7-13(11)18(2)17-12/h4-8H,9H2,1-3H3. The van der Waals surface area contributed by atoms with Crippen LogP contribution in [0, 0.1) is 6.92 Å². The summed E-state index contributed by atoms with van der Waals surface area (Å²) < 4.78 is 8.51. The van der Waals surface area contributed by atoms with Crippen molar-refractivity contribution in [2.24, 2.45) is 7.05 Å². The van der Waals surface area contributed by atoms with Gasteiger partial charge in [0, 0.05) is 24.2 Å². The van der Waals surface area contributed by atoms with E-state index in [9.17, 15) is 4.79 Å². The van der Waals surface area contributed by atoms with Gasteiger partial charge in [-0.3, -0.25) is 14.0 Å². The number of hydrogen-bond acceptors (Lipinski definition) is 4. The Morgan fingerprint density at radius 2 is 2.05 bits per heavy atom. The van der Waals surface area contributed by atoms with Crippen molar-refractivity contribution in [3.8, 4) is 6.01 Å². The molecule has 0 aliphatic carbocycles. The third-order valence-corrected chi connectivity index (χ3v) is 3.43. The molecule has 0 atom stereocenters. The van der Waals surface area contributed by atoms with Gasteiger partial charge >= 0.3 is 0 Å². The van der Waals surface area contributed by atoms with Crippen LogP contribution in [0.2, 0.25) is 0 Å². The van der Waals surface area contributed by atoms with Gasteiger partial charge in [0.25, 0.3) is 11.6 Å². The van der Waals surface area contributed by atoms with Crippen LogP contribution in [0.15, 0.2) is 35.1 Å². The van der Waals surface area contributed by atoms with Gasteiger partial charge in [-0.25, -0.2) is 4.98 Å². The van der Waals surface area contributed by atoms with E-state index in [1.54, 1.807) is 6.92 Å². The number of aromatic nitrogens is 4. The van der Waals surface area contributed by atoms with Crippen LogP contribution in [-0.4, -0.2) is 26.4 Å². The van der Waals surface area contributed by atoms with Crippen molar-refractivity contribution in [3.63, 3.8) is 0 Å². The number of fused-ring (bicyclic) bond motifs is 1. The SMILES string of the molecule is COc1nc(C)cc(=O)n1Cc1nn(C)c2ccccc12. The number of rotatable bonds is 3. The summed E-state index contributed by atoms with van der Waals surface area (Å²) in [5.74, 6) is 0. The smallest absolute Gasteiger partial charge is 0.299 e. The molecular formula is C15H16N4O2. The molecule has 0 aliphatic rings. The van der Waals surface area contributed by atoms with Crippen molar-refractivity contribution >= 4 is 10.9 Å². The van der Waals surface area contributed by atoms with Crippen LogP contribution in [-0.2, 0) is 13.6 Å². The lowest BCUT2D eigenvalue weighted by atomic mass is 10.2. The summed E-state index contributed by atoms with van der Waals surface area (Å²) in [5, 5.41) is 5.52. The normalized spacial score (nSPS) is 11.0. The number of hydrogen-bond donors (Lipinski definition) is 0. The summed E-state index contributed by atoms with van der Waals surface area (Å²) >= 11 is 0. The molecule has 6 nitrogen and oxygen atoms in total. The number of nitrogens with zero attached hydrogens (tertiary/aromatic N) is 4. The molecule has 6 heteroatoms. The van der Waals surface area contributed by atoms with Crippen molar-refractivity contribution in [1.82, 2.24) is 19.3 Å². The molecule has 0 radical (unpaired) electrons. The molecule has 0 bridgehead atoms. The van der Waals surface area contributed by atoms with E-state index in [0.29, 0.717) is 18.2 Å². The Labute approximate surface area is 121 Å². The Hall–Kier alpha value is -2.63. The van der Waals surface area contributed by atoms with Crippen LogP contribution in [0.4, 0.5) is 0 Å². The molecule has 108 valence electrons. The lowest BCUT2D eigenvalue weighted by molar-refractivity contribution is 0.349. The number of ether oxygens (including phenoxy) is 1. The molecule has 0 spiro atoms. The lowest BCUT2D eigenvalue weighted by Crippen LogP contribution is -2.23. The fourth-order valence-electron chi connectivity index (χ4n) is 2.45.